The zero-order valence-electron chi connectivity index (χ0n) is 15.8. The van der Waals surface area contributed by atoms with Crippen molar-refractivity contribution in [1.29, 1.82) is 0 Å². The average molecular weight is 377 g/mol. The number of ether oxygens (including phenoxy) is 1. The number of hydrogen-bond donors (Lipinski definition) is 1. The molecule has 0 saturated carbocycles. The van der Waals surface area contributed by atoms with Gasteiger partial charge in [-0.3, -0.25) is 0 Å². The quantitative estimate of drug-likeness (QED) is 0.700. The van der Waals surface area contributed by atoms with E-state index in [0.717, 1.165) is 55.2 Å². The van der Waals surface area contributed by atoms with Crippen LogP contribution in [0.4, 0.5) is 17.7 Å². The molecule has 0 bridgehead atoms. The van der Waals surface area contributed by atoms with Crippen LogP contribution in [0.5, 0.6) is 5.75 Å². The zero-order chi connectivity index (χ0) is 19.2. The number of rotatable bonds is 6. The minimum absolute atomic E-state index is 0.638. The molecule has 1 aliphatic heterocycles. The van der Waals surface area contributed by atoms with Crippen molar-refractivity contribution >= 4 is 17.7 Å². The Kier molecular flexibility index (Phi) is 5.46. The number of hydrogen-bond acceptors (Lipinski definition) is 8. The first-order valence-electron chi connectivity index (χ1n) is 9.29. The fraction of sp³-hybridized carbons (Fsp3) is 0.300. The standard InChI is InChI=1S/C20H23N7O/c1-28-17-6-3-2-5-16(17)15-24-18-7-10-23-20(25-18)27-13-11-26(12-14-27)19-21-8-4-9-22-19/h2-10H,11-15H2,1H3,(H,23,24,25). The van der Waals surface area contributed by atoms with Crippen molar-refractivity contribution in [2.75, 3.05) is 48.4 Å². The van der Waals surface area contributed by atoms with E-state index >= 15 is 0 Å². The van der Waals surface area contributed by atoms with E-state index in [1.54, 1.807) is 25.7 Å². The van der Waals surface area contributed by atoms with Crippen molar-refractivity contribution in [2.24, 2.45) is 0 Å². The molecule has 4 rings (SSSR count). The molecule has 2 aromatic heterocycles. The summed E-state index contributed by atoms with van der Waals surface area (Å²) in [4.78, 5) is 22.1. The number of anilines is 3. The molecule has 28 heavy (non-hydrogen) atoms. The highest BCUT2D eigenvalue weighted by molar-refractivity contribution is 5.45. The van der Waals surface area contributed by atoms with Crippen LogP contribution >= 0.6 is 0 Å². The van der Waals surface area contributed by atoms with Crippen LogP contribution in [0.1, 0.15) is 5.56 Å². The third kappa shape index (κ3) is 4.11. The molecule has 3 aromatic rings. The van der Waals surface area contributed by atoms with Gasteiger partial charge in [0.1, 0.15) is 11.6 Å². The molecule has 8 heteroatoms. The van der Waals surface area contributed by atoms with Crippen LogP contribution in [0.2, 0.25) is 0 Å². The van der Waals surface area contributed by atoms with Crippen LogP contribution in [0.15, 0.2) is 55.0 Å². The summed E-state index contributed by atoms with van der Waals surface area (Å²) in [5.41, 5.74) is 1.08. The molecule has 0 unspecified atom stereocenters. The summed E-state index contributed by atoms with van der Waals surface area (Å²) in [6.45, 7) is 3.97. The summed E-state index contributed by atoms with van der Waals surface area (Å²) >= 11 is 0. The van der Waals surface area contributed by atoms with E-state index < -0.39 is 0 Å². The van der Waals surface area contributed by atoms with Gasteiger partial charge in [-0.25, -0.2) is 15.0 Å². The third-order valence-electron chi connectivity index (χ3n) is 4.69. The van der Waals surface area contributed by atoms with E-state index in [1.807, 2.05) is 36.4 Å². The minimum Gasteiger partial charge on any atom is -0.496 e. The first kappa shape index (κ1) is 18.0. The average Bonchev–Trinajstić information content (AvgIpc) is 2.79. The zero-order valence-corrected chi connectivity index (χ0v) is 15.8. The largest absolute Gasteiger partial charge is 0.496 e. The first-order valence-corrected chi connectivity index (χ1v) is 9.29. The maximum atomic E-state index is 5.40. The molecule has 1 N–H and O–H groups in total. The number of methoxy groups -OCH3 is 1. The molecule has 0 radical (unpaired) electrons. The molecule has 1 fully saturated rings. The Morgan fingerprint density at radius 1 is 0.857 bits per heavy atom. The van der Waals surface area contributed by atoms with Crippen LogP contribution in [0.3, 0.4) is 0 Å². The van der Waals surface area contributed by atoms with Gasteiger partial charge in [0.05, 0.1) is 7.11 Å². The lowest BCUT2D eigenvalue weighted by molar-refractivity contribution is 0.410. The van der Waals surface area contributed by atoms with E-state index in [9.17, 15) is 0 Å². The van der Waals surface area contributed by atoms with E-state index in [1.165, 1.54) is 0 Å². The molecule has 0 aliphatic carbocycles. The predicted octanol–water partition coefficient (Wildman–Crippen LogP) is 2.21. The van der Waals surface area contributed by atoms with Crippen molar-refractivity contribution < 1.29 is 4.74 Å². The van der Waals surface area contributed by atoms with Gasteiger partial charge in [0.25, 0.3) is 0 Å². The van der Waals surface area contributed by atoms with Gasteiger partial charge >= 0.3 is 0 Å². The Hall–Kier alpha value is -3.42. The van der Waals surface area contributed by atoms with Crippen LogP contribution in [0, 0.1) is 0 Å². The van der Waals surface area contributed by atoms with Crippen molar-refractivity contribution in [2.45, 2.75) is 6.54 Å². The number of nitrogens with one attached hydrogen (secondary N) is 1. The molecular formula is C20H23N7O. The third-order valence-corrected chi connectivity index (χ3v) is 4.69. The van der Waals surface area contributed by atoms with Crippen molar-refractivity contribution in [3.8, 4) is 5.75 Å². The fourth-order valence-corrected chi connectivity index (χ4v) is 3.19. The van der Waals surface area contributed by atoms with Gasteiger partial charge in [0.15, 0.2) is 0 Å². The molecule has 144 valence electrons. The van der Waals surface area contributed by atoms with Crippen LogP contribution in [-0.2, 0) is 6.54 Å². The maximum Gasteiger partial charge on any atom is 0.227 e. The van der Waals surface area contributed by atoms with Crippen molar-refractivity contribution in [3.63, 3.8) is 0 Å². The number of para-hydroxylation sites is 1. The number of benzene rings is 1. The summed E-state index contributed by atoms with van der Waals surface area (Å²) in [5, 5.41) is 3.36. The molecule has 1 aliphatic rings. The van der Waals surface area contributed by atoms with E-state index in [4.69, 9.17) is 4.74 Å². The molecule has 8 nitrogen and oxygen atoms in total. The molecule has 0 atom stereocenters. The first-order chi connectivity index (χ1) is 13.8. The second-order valence-electron chi connectivity index (χ2n) is 6.43. The second-order valence-corrected chi connectivity index (χ2v) is 6.43. The monoisotopic (exact) mass is 377 g/mol. The highest BCUT2D eigenvalue weighted by atomic mass is 16.5. The molecule has 0 spiro atoms. The summed E-state index contributed by atoms with van der Waals surface area (Å²) in [6.07, 6.45) is 5.34. The Bertz CT molecular complexity index is 898. The molecular weight excluding hydrogens is 354 g/mol. The lowest BCUT2D eigenvalue weighted by Crippen LogP contribution is -2.47. The molecule has 3 heterocycles. The molecule has 1 aromatic carbocycles. The summed E-state index contributed by atoms with van der Waals surface area (Å²) in [6, 6.07) is 11.7. The highest BCUT2D eigenvalue weighted by Gasteiger charge is 2.20. The topological polar surface area (TPSA) is 79.3 Å². The lowest BCUT2D eigenvalue weighted by Gasteiger charge is -2.34. The van der Waals surface area contributed by atoms with Crippen molar-refractivity contribution in [1.82, 2.24) is 19.9 Å². The molecule has 1 saturated heterocycles. The smallest absolute Gasteiger partial charge is 0.227 e. The number of nitrogens with zero attached hydrogens (tertiary/aromatic N) is 6. The van der Waals surface area contributed by atoms with Crippen LogP contribution < -0.4 is 19.9 Å². The van der Waals surface area contributed by atoms with Gasteiger partial charge in [-0.05, 0) is 18.2 Å². The van der Waals surface area contributed by atoms with Gasteiger partial charge in [-0.15, -0.1) is 0 Å². The van der Waals surface area contributed by atoms with Crippen LogP contribution in [0.25, 0.3) is 0 Å². The Labute approximate surface area is 164 Å². The van der Waals surface area contributed by atoms with Gasteiger partial charge in [0.2, 0.25) is 11.9 Å². The van der Waals surface area contributed by atoms with Gasteiger partial charge < -0.3 is 19.9 Å². The van der Waals surface area contributed by atoms with E-state index in [0.29, 0.717) is 6.54 Å². The number of aromatic nitrogens is 4. The second kappa shape index (κ2) is 8.51. The normalized spacial score (nSPS) is 14.0. The van der Waals surface area contributed by atoms with E-state index in [2.05, 4.69) is 35.1 Å². The minimum atomic E-state index is 0.638. The fourth-order valence-electron chi connectivity index (χ4n) is 3.19. The maximum absolute atomic E-state index is 5.40. The summed E-state index contributed by atoms with van der Waals surface area (Å²) in [5.74, 6) is 3.17. The molecule has 0 amide bonds. The Morgan fingerprint density at radius 2 is 1.54 bits per heavy atom. The Balaban J connectivity index is 1.38. The van der Waals surface area contributed by atoms with Crippen molar-refractivity contribution in [3.05, 3.63) is 60.6 Å². The lowest BCUT2D eigenvalue weighted by atomic mass is 10.2. The van der Waals surface area contributed by atoms with E-state index in [-0.39, 0.29) is 0 Å². The number of piperazine rings is 1. The van der Waals surface area contributed by atoms with Crippen LogP contribution in [-0.4, -0.2) is 53.2 Å². The van der Waals surface area contributed by atoms with Gasteiger partial charge in [-0.2, -0.15) is 4.98 Å². The van der Waals surface area contributed by atoms with Gasteiger partial charge in [-0.1, -0.05) is 18.2 Å². The summed E-state index contributed by atoms with van der Waals surface area (Å²) < 4.78 is 5.40. The predicted molar refractivity (Wildman–Crippen MR) is 109 cm³/mol. The van der Waals surface area contributed by atoms with Gasteiger partial charge in [0, 0.05) is 56.9 Å². The Morgan fingerprint density at radius 3 is 2.29 bits per heavy atom. The SMILES string of the molecule is COc1ccccc1CNc1ccnc(N2CCN(c3ncccn3)CC2)n1. The highest BCUT2D eigenvalue weighted by Crippen LogP contribution is 2.20. The summed E-state index contributed by atoms with van der Waals surface area (Å²) in [7, 11) is 1.68.